The summed E-state index contributed by atoms with van der Waals surface area (Å²) in [6.07, 6.45) is 0.854. The Bertz CT molecular complexity index is 422. The summed E-state index contributed by atoms with van der Waals surface area (Å²) in [4.78, 5) is 0. The first-order valence-corrected chi connectivity index (χ1v) is 4.56. The van der Waals surface area contributed by atoms with Gasteiger partial charge in [-0.2, -0.15) is 0 Å². The van der Waals surface area contributed by atoms with E-state index in [9.17, 15) is 0 Å². The number of benzene rings is 1. The van der Waals surface area contributed by atoms with Gasteiger partial charge in [0.05, 0.1) is 0 Å². The molecule has 0 atom stereocenters. The summed E-state index contributed by atoms with van der Waals surface area (Å²) in [7, 11) is 0. The number of nitrogens with two attached hydrogens (primary N) is 1. The van der Waals surface area contributed by atoms with Crippen LogP contribution in [0.1, 0.15) is 5.56 Å². The summed E-state index contributed by atoms with van der Waals surface area (Å²) in [5.41, 5.74) is 7.51. The minimum atomic E-state index is 0.430. The van der Waals surface area contributed by atoms with Crippen LogP contribution in [0.25, 0.3) is 11.0 Å². The Labute approximate surface area is 81.3 Å². The summed E-state index contributed by atoms with van der Waals surface area (Å²) in [6.45, 7) is 0.641. The van der Waals surface area contributed by atoms with Gasteiger partial charge in [-0.25, -0.2) is 0 Å². The smallest absolute Gasteiger partial charge is 0.194 e. The molecule has 2 N–H and O–H groups in total. The molecular formula is C10H10ClNO. The molecule has 0 saturated carbocycles. The molecule has 0 amide bonds. The fraction of sp³-hybridized carbons (Fsp3) is 0.200. The second-order valence-corrected chi connectivity index (χ2v) is 3.29. The first-order chi connectivity index (χ1) is 6.31. The monoisotopic (exact) mass is 195 g/mol. The largest absolute Gasteiger partial charge is 0.445 e. The number of furan rings is 1. The standard InChI is InChI=1S/C10H10ClNO/c11-10-6-8-7(4-5-12)2-1-3-9(8)13-10/h1-3,6H,4-5,12H2. The molecule has 0 unspecified atom stereocenters. The number of rotatable bonds is 2. The molecule has 2 rings (SSSR count). The predicted octanol–water partition coefficient (Wildman–Crippen LogP) is 2.59. The molecule has 13 heavy (non-hydrogen) atoms. The van der Waals surface area contributed by atoms with Crippen molar-refractivity contribution in [3.63, 3.8) is 0 Å². The predicted molar refractivity (Wildman–Crippen MR) is 54.0 cm³/mol. The van der Waals surface area contributed by atoms with E-state index in [1.54, 1.807) is 0 Å². The van der Waals surface area contributed by atoms with E-state index in [1.807, 2.05) is 24.3 Å². The molecule has 0 bridgehead atoms. The third-order valence-corrected chi connectivity index (χ3v) is 2.22. The van der Waals surface area contributed by atoms with Gasteiger partial charge in [-0.15, -0.1) is 0 Å². The first-order valence-electron chi connectivity index (χ1n) is 4.18. The Morgan fingerprint density at radius 3 is 3.00 bits per heavy atom. The van der Waals surface area contributed by atoms with Crippen LogP contribution < -0.4 is 5.73 Å². The summed E-state index contributed by atoms with van der Waals surface area (Å²) >= 11 is 5.76. The average molecular weight is 196 g/mol. The number of halogens is 1. The maximum atomic E-state index is 5.76. The van der Waals surface area contributed by atoms with Crippen LogP contribution in [0, 0.1) is 0 Å². The summed E-state index contributed by atoms with van der Waals surface area (Å²) in [6, 6.07) is 7.73. The molecule has 0 saturated heterocycles. The van der Waals surface area contributed by atoms with Gasteiger partial charge in [-0.3, -0.25) is 0 Å². The van der Waals surface area contributed by atoms with Crippen LogP contribution in [0.4, 0.5) is 0 Å². The fourth-order valence-corrected chi connectivity index (χ4v) is 1.66. The van der Waals surface area contributed by atoms with E-state index in [2.05, 4.69) is 0 Å². The van der Waals surface area contributed by atoms with Crippen LogP contribution in [0.2, 0.25) is 5.22 Å². The molecule has 0 radical (unpaired) electrons. The van der Waals surface area contributed by atoms with Gasteiger partial charge in [-0.05, 0) is 36.2 Å². The van der Waals surface area contributed by atoms with Gasteiger partial charge in [0, 0.05) is 11.5 Å². The van der Waals surface area contributed by atoms with Crippen molar-refractivity contribution in [1.82, 2.24) is 0 Å². The van der Waals surface area contributed by atoms with E-state index in [1.165, 1.54) is 5.56 Å². The molecule has 2 aromatic rings. The third kappa shape index (κ3) is 1.55. The molecule has 0 spiro atoms. The Hall–Kier alpha value is -0.990. The molecule has 1 aromatic carbocycles. The maximum Gasteiger partial charge on any atom is 0.194 e. The molecule has 3 heteroatoms. The summed E-state index contributed by atoms with van der Waals surface area (Å²) in [5, 5.41) is 1.50. The van der Waals surface area contributed by atoms with Crippen LogP contribution >= 0.6 is 11.6 Å². The Morgan fingerprint density at radius 2 is 2.23 bits per heavy atom. The van der Waals surface area contributed by atoms with Gasteiger partial charge in [0.2, 0.25) is 0 Å². The molecular weight excluding hydrogens is 186 g/mol. The van der Waals surface area contributed by atoms with E-state index in [0.717, 1.165) is 17.4 Å². The Kier molecular flexibility index (Phi) is 2.25. The van der Waals surface area contributed by atoms with E-state index in [-0.39, 0.29) is 0 Å². The normalized spacial score (nSPS) is 10.9. The van der Waals surface area contributed by atoms with Crippen molar-refractivity contribution in [2.24, 2.45) is 5.73 Å². The second-order valence-electron chi connectivity index (χ2n) is 2.92. The highest BCUT2D eigenvalue weighted by atomic mass is 35.5. The van der Waals surface area contributed by atoms with Crippen LogP contribution in [-0.2, 0) is 6.42 Å². The first kappa shape index (κ1) is 8.60. The summed E-state index contributed by atoms with van der Waals surface area (Å²) in [5.74, 6) is 0. The SMILES string of the molecule is NCCc1cccc2oc(Cl)cc12. The van der Waals surface area contributed by atoms with E-state index in [4.69, 9.17) is 21.8 Å². The van der Waals surface area contributed by atoms with E-state index < -0.39 is 0 Å². The minimum Gasteiger partial charge on any atom is -0.445 e. The van der Waals surface area contributed by atoms with E-state index >= 15 is 0 Å². The Morgan fingerprint density at radius 1 is 1.38 bits per heavy atom. The average Bonchev–Trinajstić information content (AvgIpc) is 2.47. The lowest BCUT2D eigenvalue weighted by atomic mass is 10.1. The van der Waals surface area contributed by atoms with Gasteiger partial charge in [0.1, 0.15) is 5.58 Å². The Balaban J connectivity index is 2.60. The zero-order chi connectivity index (χ0) is 9.26. The van der Waals surface area contributed by atoms with Crippen LogP contribution in [0.3, 0.4) is 0 Å². The van der Waals surface area contributed by atoms with Gasteiger partial charge < -0.3 is 10.2 Å². The zero-order valence-corrected chi connectivity index (χ0v) is 7.84. The molecule has 0 aliphatic rings. The van der Waals surface area contributed by atoms with Gasteiger partial charge in [0.15, 0.2) is 5.22 Å². The van der Waals surface area contributed by atoms with E-state index in [0.29, 0.717) is 11.8 Å². The summed E-state index contributed by atoms with van der Waals surface area (Å²) < 4.78 is 5.28. The third-order valence-electron chi connectivity index (χ3n) is 2.04. The van der Waals surface area contributed by atoms with Crippen molar-refractivity contribution in [3.05, 3.63) is 35.0 Å². The minimum absolute atomic E-state index is 0.430. The molecule has 1 heterocycles. The van der Waals surface area contributed by atoms with Crippen molar-refractivity contribution >= 4 is 22.6 Å². The van der Waals surface area contributed by atoms with Crippen molar-refractivity contribution in [2.75, 3.05) is 6.54 Å². The molecule has 0 fully saturated rings. The number of hydrogen-bond acceptors (Lipinski definition) is 2. The zero-order valence-electron chi connectivity index (χ0n) is 7.09. The van der Waals surface area contributed by atoms with Crippen molar-refractivity contribution in [3.8, 4) is 0 Å². The lowest BCUT2D eigenvalue weighted by Gasteiger charge is -1.98. The van der Waals surface area contributed by atoms with Crippen molar-refractivity contribution in [2.45, 2.75) is 6.42 Å². The molecule has 1 aromatic heterocycles. The topological polar surface area (TPSA) is 39.2 Å². The quantitative estimate of drug-likeness (QED) is 0.800. The fourth-order valence-electron chi connectivity index (χ4n) is 1.46. The van der Waals surface area contributed by atoms with Crippen LogP contribution in [-0.4, -0.2) is 6.54 Å². The van der Waals surface area contributed by atoms with Crippen molar-refractivity contribution in [1.29, 1.82) is 0 Å². The highest BCUT2D eigenvalue weighted by Gasteiger charge is 2.04. The molecule has 0 aliphatic carbocycles. The number of hydrogen-bond donors (Lipinski definition) is 1. The second kappa shape index (κ2) is 3.40. The van der Waals surface area contributed by atoms with Crippen molar-refractivity contribution < 1.29 is 4.42 Å². The maximum absolute atomic E-state index is 5.76. The molecule has 68 valence electrons. The van der Waals surface area contributed by atoms with Crippen LogP contribution in [0.5, 0.6) is 0 Å². The number of fused-ring (bicyclic) bond motifs is 1. The molecule has 2 nitrogen and oxygen atoms in total. The molecule has 0 aliphatic heterocycles. The van der Waals surface area contributed by atoms with Gasteiger partial charge >= 0.3 is 0 Å². The lowest BCUT2D eigenvalue weighted by Crippen LogP contribution is -2.02. The van der Waals surface area contributed by atoms with Gasteiger partial charge in [-0.1, -0.05) is 12.1 Å². The van der Waals surface area contributed by atoms with Crippen LogP contribution in [0.15, 0.2) is 28.7 Å². The highest BCUT2D eigenvalue weighted by Crippen LogP contribution is 2.25. The lowest BCUT2D eigenvalue weighted by molar-refractivity contribution is 0.618. The highest BCUT2D eigenvalue weighted by molar-refractivity contribution is 6.29. The van der Waals surface area contributed by atoms with Gasteiger partial charge in [0.25, 0.3) is 0 Å².